The van der Waals surface area contributed by atoms with E-state index in [0.717, 1.165) is 30.6 Å². The van der Waals surface area contributed by atoms with Crippen LogP contribution < -0.4 is 10.9 Å². The number of likely N-dealkylation sites (tertiary alicyclic amines) is 1. The highest BCUT2D eigenvalue weighted by Crippen LogP contribution is 2.13. The Bertz CT molecular complexity index is 809. The van der Waals surface area contributed by atoms with Gasteiger partial charge in [0.25, 0.3) is 5.56 Å². The van der Waals surface area contributed by atoms with Gasteiger partial charge in [0.1, 0.15) is 6.54 Å². The van der Waals surface area contributed by atoms with Crippen LogP contribution in [0.2, 0.25) is 0 Å². The Hall–Kier alpha value is -2.21. The van der Waals surface area contributed by atoms with Crippen LogP contribution >= 0.6 is 0 Å². The van der Waals surface area contributed by atoms with Gasteiger partial charge < -0.3 is 5.32 Å². The molecule has 1 unspecified atom stereocenters. The van der Waals surface area contributed by atoms with Gasteiger partial charge in [-0.05, 0) is 45.3 Å². The average molecular weight is 342 g/mol. The predicted molar refractivity (Wildman–Crippen MR) is 98.6 cm³/mol. The van der Waals surface area contributed by atoms with E-state index in [1.54, 1.807) is 6.07 Å². The first-order valence-electron chi connectivity index (χ1n) is 9.07. The Morgan fingerprint density at radius 2 is 1.92 bits per heavy atom. The molecule has 0 spiro atoms. The van der Waals surface area contributed by atoms with Gasteiger partial charge >= 0.3 is 0 Å². The molecule has 3 rings (SSSR count). The van der Waals surface area contributed by atoms with Crippen molar-refractivity contribution in [3.63, 3.8) is 0 Å². The molecular weight excluding hydrogens is 316 g/mol. The van der Waals surface area contributed by atoms with Gasteiger partial charge in [-0.1, -0.05) is 25.1 Å². The molecule has 2 aromatic rings. The second-order valence-electron chi connectivity index (χ2n) is 6.70. The molecule has 0 aliphatic carbocycles. The fourth-order valence-electron chi connectivity index (χ4n) is 3.57. The molecule has 0 saturated carbocycles. The zero-order chi connectivity index (χ0) is 17.8. The molecule has 2 heterocycles. The molecule has 1 aromatic carbocycles. The largest absolute Gasteiger partial charge is 0.353 e. The van der Waals surface area contributed by atoms with E-state index in [4.69, 9.17) is 0 Å². The van der Waals surface area contributed by atoms with Crippen molar-refractivity contribution in [2.75, 3.05) is 19.6 Å². The number of aromatic nitrogens is 2. The molecule has 134 valence electrons. The Morgan fingerprint density at radius 1 is 1.24 bits per heavy atom. The Kier molecular flexibility index (Phi) is 5.48. The highest BCUT2D eigenvalue weighted by Gasteiger charge is 2.21. The third-order valence-corrected chi connectivity index (χ3v) is 5.01. The molecule has 1 aliphatic rings. The minimum absolute atomic E-state index is 0.0407. The highest BCUT2D eigenvalue weighted by atomic mass is 16.2. The maximum absolute atomic E-state index is 12.5. The summed E-state index contributed by atoms with van der Waals surface area (Å²) in [5.74, 6) is -0.165. The minimum atomic E-state index is -0.220. The van der Waals surface area contributed by atoms with E-state index in [9.17, 15) is 9.59 Å². The van der Waals surface area contributed by atoms with Gasteiger partial charge in [0, 0.05) is 18.0 Å². The van der Waals surface area contributed by atoms with Crippen molar-refractivity contribution in [2.24, 2.45) is 0 Å². The van der Waals surface area contributed by atoms with Crippen LogP contribution in [-0.4, -0.2) is 46.3 Å². The first kappa shape index (κ1) is 17.6. The van der Waals surface area contributed by atoms with Crippen LogP contribution in [0.4, 0.5) is 0 Å². The molecule has 0 radical (unpaired) electrons. The summed E-state index contributed by atoms with van der Waals surface area (Å²) in [7, 11) is 0. The summed E-state index contributed by atoms with van der Waals surface area (Å²) in [4.78, 5) is 27.3. The molecule has 1 fully saturated rings. The summed E-state index contributed by atoms with van der Waals surface area (Å²) in [5, 5.41) is 8.71. The molecule has 0 bridgehead atoms. The quantitative estimate of drug-likeness (QED) is 0.868. The van der Waals surface area contributed by atoms with Gasteiger partial charge in [0.05, 0.1) is 11.1 Å². The van der Waals surface area contributed by atoms with Crippen LogP contribution in [0.15, 0.2) is 29.1 Å². The topological polar surface area (TPSA) is 67.2 Å². The van der Waals surface area contributed by atoms with Crippen LogP contribution in [-0.2, 0) is 11.3 Å². The van der Waals surface area contributed by atoms with E-state index in [0.29, 0.717) is 18.0 Å². The fourth-order valence-corrected chi connectivity index (χ4v) is 3.57. The first-order chi connectivity index (χ1) is 12.1. The fraction of sp³-hybridized carbons (Fsp3) is 0.526. The first-order valence-corrected chi connectivity index (χ1v) is 9.07. The summed E-state index contributed by atoms with van der Waals surface area (Å²) in [6.07, 6.45) is 3.48. The lowest BCUT2D eigenvalue weighted by molar-refractivity contribution is -0.122. The van der Waals surface area contributed by atoms with Crippen LogP contribution in [0.5, 0.6) is 0 Å². The average Bonchev–Trinajstić information content (AvgIpc) is 3.14. The van der Waals surface area contributed by atoms with Crippen LogP contribution in [0.25, 0.3) is 10.8 Å². The number of carbonyl (C=O) groups is 1. The van der Waals surface area contributed by atoms with E-state index in [2.05, 4.69) is 22.2 Å². The molecule has 6 nitrogen and oxygen atoms in total. The maximum atomic E-state index is 12.5. The summed E-state index contributed by atoms with van der Waals surface area (Å²) in [6.45, 7) is 6.81. The summed E-state index contributed by atoms with van der Waals surface area (Å²) < 4.78 is 1.27. The van der Waals surface area contributed by atoms with Gasteiger partial charge in [-0.3, -0.25) is 14.5 Å². The van der Waals surface area contributed by atoms with Crippen molar-refractivity contribution in [1.29, 1.82) is 0 Å². The van der Waals surface area contributed by atoms with E-state index in [1.807, 2.05) is 25.1 Å². The van der Waals surface area contributed by atoms with Crippen molar-refractivity contribution in [3.8, 4) is 0 Å². The third kappa shape index (κ3) is 3.90. The smallest absolute Gasteiger partial charge is 0.275 e. The summed E-state index contributed by atoms with van der Waals surface area (Å²) in [5.41, 5.74) is 0.537. The normalized spacial score (nSPS) is 16.2. The highest BCUT2D eigenvalue weighted by molar-refractivity contribution is 5.83. The zero-order valence-electron chi connectivity index (χ0n) is 15.0. The van der Waals surface area contributed by atoms with Crippen molar-refractivity contribution in [3.05, 3.63) is 40.3 Å². The number of benzene rings is 1. The van der Waals surface area contributed by atoms with E-state index >= 15 is 0 Å². The third-order valence-electron chi connectivity index (χ3n) is 5.01. The maximum Gasteiger partial charge on any atom is 0.275 e. The van der Waals surface area contributed by atoms with E-state index in [-0.39, 0.29) is 18.0 Å². The summed E-state index contributed by atoms with van der Waals surface area (Å²) >= 11 is 0. The SMILES string of the molecule is CCC(CNC(=O)Cn1nc(C)c2ccccc2c1=O)N1CCCC1. The number of carbonyl (C=O) groups excluding carboxylic acids is 1. The zero-order valence-corrected chi connectivity index (χ0v) is 15.0. The molecule has 25 heavy (non-hydrogen) atoms. The molecule has 1 atom stereocenters. The molecular formula is C19H26N4O2. The van der Waals surface area contributed by atoms with E-state index < -0.39 is 0 Å². The molecule has 6 heteroatoms. The molecule has 1 aromatic heterocycles. The lowest BCUT2D eigenvalue weighted by Gasteiger charge is -2.26. The number of hydrogen-bond donors (Lipinski definition) is 1. The Morgan fingerprint density at radius 3 is 2.60 bits per heavy atom. The predicted octanol–water partition coefficient (Wildman–Crippen LogP) is 1.70. The molecule has 1 aliphatic heterocycles. The summed E-state index contributed by atoms with van der Waals surface area (Å²) in [6, 6.07) is 7.74. The van der Waals surface area contributed by atoms with E-state index in [1.165, 1.54) is 17.5 Å². The Balaban J connectivity index is 1.67. The number of nitrogens with zero attached hydrogens (tertiary/aromatic N) is 3. The second-order valence-corrected chi connectivity index (χ2v) is 6.70. The molecule has 1 amide bonds. The number of rotatable bonds is 6. The van der Waals surface area contributed by atoms with Gasteiger partial charge in [-0.25, -0.2) is 4.68 Å². The lowest BCUT2D eigenvalue weighted by Crippen LogP contribution is -2.43. The van der Waals surface area contributed by atoms with Crippen molar-refractivity contribution in [2.45, 2.75) is 45.7 Å². The van der Waals surface area contributed by atoms with Crippen LogP contribution in [0.1, 0.15) is 31.9 Å². The second kappa shape index (κ2) is 7.78. The number of aryl methyl sites for hydroxylation is 1. The van der Waals surface area contributed by atoms with Gasteiger partial charge in [0.15, 0.2) is 0 Å². The van der Waals surface area contributed by atoms with Crippen molar-refractivity contribution >= 4 is 16.7 Å². The van der Waals surface area contributed by atoms with Gasteiger partial charge in [-0.2, -0.15) is 5.10 Å². The van der Waals surface area contributed by atoms with Crippen LogP contribution in [0, 0.1) is 6.92 Å². The number of amides is 1. The van der Waals surface area contributed by atoms with Crippen molar-refractivity contribution in [1.82, 2.24) is 20.0 Å². The number of hydrogen-bond acceptors (Lipinski definition) is 4. The molecule has 1 N–H and O–H groups in total. The van der Waals surface area contributed by atoms with Gasteiger partial charge in [-0.15, -0.1) is 0 Å². The Labute approximate surface area is 147 Å². The van der Waals surface area contributed by atoms with Crippen molar-refractivity contribution < 1.29 is 4.79 Å². The number of fused-ring (bicyclic) bond motifs is 1. The van der Waals surface area contributed by atoms with Gasteiger partial charge in [0.2, 0.25) is 5.91 Å². The standard InChI is InChI=1S/C19H26N4O2/c1-3-15(22-10-6-7-11-22)12-20-18(24)13-23-19(25)17-9-5-4-8-16(17)14(2)21-23/h4-5,8-9,15H,3,6-7,10-13H2,1-2H3,(H,20,24). The minimum Gasteiger partial charge on any atom is -0.353 e. The monoisotopic (exact) mass is 342 g/mol. The van der Waals surface area contributed by atoms with Crippen LogP contribution in [0.3, 0.4) is 0 Å². The molecule has 1 saturated heterocycles. The lowest BCUT2D eigenvalue weighted by atomic mass is 10.1. The number of nitrogens with one attached hydrogen (secondary N) is 1.